The minimum atomic E-state index is 0.529. The quantitative estimate of drug-likeness (QED) is 0.598. The van der Waals surface area contributed by atoms with Crippen LogP contribution in [0.3, 0.4) is 0 Å². The van der Waals surface area contributed by atoms with Crippen LogP contribution in [-0.4, -0.2) is 4.98 Å². The first kappa shape index (κ1) is 8.07. The van der Waals surface area contributed by atoms with E-state index >= 15 is 0 Å². The maximum absolute atomic E-state index is 4.35. The molecule has 0 saturated heterocycles. The van der Waals surface area contributed by atoms with Gasteiger partial charge >= 0.3 is 0 Å². The first-order valence-electron chi connectivity index (χ1n) is 4.45. The molecule has 1 aliphatic carbocycles. The van der Waals surface area contributed by atoms with Crippen LogP contribution in [0.15, 0.2) is 23.7 Å². The standard InChI is InChI=1S/C12H11N/c1-9(2)11-7-10-5-3-4-6-12(10)13-8-11/h5-9H,1-2H3. The molecule has 0 spiro atoms. The Balaban J connectivity index is 2.53. The van der Waals surface area contributed by atoms with Crippen molar-refractivity contribution < 1.29 is 0 Å². The van der Waals surface area contributed by atoms with Gasteiger partial charge in [0.1, 0.15) is 0 Å². The Morgan fingerprint density at radius 2 is 2.00 bits per heavy atom. The minimum absolute atomic E-state index is 0.529. The molecule has 1 aromatic heterocycles. The molecule has 1 aromatic rings. The van der Waals surface area contributed by atoms with Crippen molar-refractivity contribution in [3.05, 3.63) is 40.5 Å². The van der Waals surface area contributed by atoms with Gasteiger partial charge in [-0.25, -0.2) is 0 Å². The maximum Gasteiger partial charge on any atom is 0.0792 e. The largest absolute Gasteiger partial charge is 0.255 e. The summed E-state index contributed by atoms with van der Waals surface area (Å²) >= 11 is 0. The van der Waals surface area contributed by atoms with Crippen molar-refractivity contribution in [3.63, 3.8) is 0 Å². The summed E-state index contributed by atoms with van der Waals surface area (Å²) in [6.07, 6.45) is 5.72. The molecule has 0 saturated carbocycles. The number of hydrogen-bond donors (Lipinski definition) is 0. The van der Waals surface area contributed by atoms with Crippen LogP contribution in [-0.2, 0) is 0 Å². The lowest BCUT2D eigenvalue weighted by Crippen LogP contribution is -1.94. The Bertz CT molecular complexity index is 428. The van der Waals surface area contributed by atoms with Gasteiger partial charge in [0.15, 0.2) is 0 Å². The number of aromatic nitrogens is 1. The minimum Gasteiger partial charge on any atom is -0.255 e. The zero-order chi connectivity index (χ0) is 9.26. The van der Waals surface area contributed by atoms with Gasteiger partial charge in [-0.3, -0.25) is 4.98 Å². The number of nitrogens with zero attached hydrogens (tertiary/aromatic N) is 1. The maximum atomic E-state index is 4.35. The van der Waals surface area contributed by atoms with Crippen LogP contribution in [0.1, 0.15) is 36.6 Å². The summed E-state index contributed by atoms with van der Waals surface area (Å²) in [7, 11) is 0. The predicted molar refractivity (Wildman–Crippen MR) is 54.3 cm³/mol. The van der Waals surface area contributed by atoms with Crippen molar-refractivity contribution in [3.8, 4) is 0 Å². The molecule has 0 fully saturated rings. The van der Waals surface area contributed by atoms with Crippen LogP contribution in [0.4, 0.5) is 0 Å². The molecule has 1 aliphatic rings. The Morgan fingerprint density at radius 3 is 2.77 bits per heavy atom. The van der Waals surface area contributed by atoms with E-state index in [0.717, 1.165) is 11.3 Å². The number of fused-ring (bicyclic) bond motifs is 1. The third-order valence-corrected chi connectivity index (χ3v) is 2.16. The van der Waals surface area contributed by atoms with Gasteiger partial charge in [0.2, 0.25) is 0 Å². The lowest BCUT2D eigenvalue weighted by molar-refractivity contribution is 0.856. The molecule has 0 N–H and O–H groups in total. The number of hydrogen-bond acceptors (Lipinski definition) is 1. The molecule has 0 amide bonds. The van der Waals surface area contributed by atoms with Crippen LogP contribution >= 0.6 is 0 Å². The van der Waals surface area contributed by atoms with Crippen LogP contribution in [0.5, 0.6) is 0 Å². The summed E-state index contributed by atoms with van der Waals surface area (Å²) in [4.78, 5) is 4.35. The molecule has 1 heteroatoms. The molecule has 0 unspecified atom stereocenters. The van der Waals surface area contributed by atoms with Gasteiger partial charge < -0.3 is 0 Å². The molecule has 1 nitrogen and oxygen atoms in total. The van der Waals surface area contributed by atoms with Crippen molar-refractivity contribution in [1.29, 1.82) is 0 Å². The highest BCUT2D eigenvalue weighted by atomic mass is 14.7. The molecule has 1 heterocycles. The highest BCUT2D eigenvalue weighted by Crippen LogP contribution is 2.19. The summed E-state index contributed by atoms with van der Waals surface area (Å²) in [6.45, 7) is 4.34. The van der Waals surface area contributed by atoms with Crippen LogP contribution in [0, 0.1) is 0 Å². The van der Waals surface area contributed by atoms with E-state index in [1.165, 1.54) is 5.56 Å². The fourth-order valence-corrected chi connectivity index (χ4v) is 1.29. The zero-order valence-corrected chi connectivity index (χ0v) is 7.83. The molecule has 0 aliphatic heterocycles. The second-order valence-electron chi connectivity index (χ2n) is 3.48. The lowest BCUT2D eigenvalue weighted by atomic mass is 10.0. The topological polar surface area (TPSA) is 12.9 Å². The molecule has 0 bridgehead atoms. The fraction of sp³-hybridized carbons (Fsp3) is 0.250. The van der Waals surface area contributed by atoms with Crippen LogP contribution < -0.4 is 0 Å². The van der Waals surface area contributed by atoms with Gasteiger partial charge in [-0.1, -0.05) is 25.3 Å². The molecule has 13 heavy (non-hydrogen) atoms. The highest BCUT2D eigenvalue weighted by molar-refractivity contribution is 5.65. The third kappa shape index (κ3) is 1.48. The summed E-state index contributed by atoms with van der Waals surface area (Å²) in [6, 6.07) is 2.16. The van der Waals surface area contributed by atoms with Gasteiger partial charge in [0, 0.05) is 17.8 Å². The van der Waals surface area contributed by atoms with Gasteiger partial charge in [-0.2, -0.15) is 0 Å². The van der Waals surface area contributed by atoms with E-state index in [0.29, 0.717) is 5.92 Å². The van der Waals surface area contributed by atoms with Crippen molar-refractivity contribution in [2.24, 2.45) is 0 Å². The summed E-state index contributed by atoms with van der Waals surface area (Å²) in [5, 5.41) is 0. The van der Waals surface area contributed by atoms with E-state index in [-0.39, 0.29) is 0 Å². The first-order chi connectivity index (χ1) is 6.27. The van der Waals surface area contributed by atoms with E-state index < -0.39 is 0 Å². The van der Waals surface area contributed by atoms with Crippen molar-refractivity contribution in [2.75, 3.05) is 0 Å². The molecular formula is C12H11N. The Morgan fingerprint density at radius 1 is 1.23 bits per heavy atom. The van der Waals surface area contributed by atoms with Gasteiger partial charge in [0.25, 0.3) is 0 Å². The first-order valence-corrected chi connectivity index (χ1v) is 4.45. The molecule has 64 valence electrons. The second kappa shape index (κ2) is 3.06. The average molecular weight is 169 g/mol. The molecule has 0 atom stereocenters. The molecule has 0 aromatic carbocycles. The van der Waals surface area contributed by atoms with Gasteiger partial charge in [0.05, 0.1) is 5.69 Å². The van der Waals surface area contributed by atoms with Crippen LogP contribution in [0.2, 0.25) is 0 Å². The van der Waals surface area contributed by atoms with E-state index in [2.05, 4.69) is 36.4 Å². The summed E-state index contributed by atoms with van der Waals surface area (Å²) in [5.41, 5.74) is 9.24. The average Bonchev–Trinajstić information content (AvgIpc) is 2.17. The second-order valence-corrected chi connectivity index (χ2v) is 3.48. The number of pyridine rings is 1. The normalized spacial score (nSPS) is 12.2. The summed E-state index contributed by atoms with van der Waals surface area (Å²) in [5.74, 6) is 0.529. The SMILES string of the molecule is CC(C)c1cnc2c(c1)C=C=C=C2. The monoisotopic (exact) mass is 169 g/mol. The third-order valence-electron chi connectivity index (χ3n) is 2.16. The van der Waals surface area contributed by atoms with E-state index in [1.54, 1.807) is 0 Å². The smallest absolute Gasteiger partial charge is 0.0792 e. The summed E-state index contributed by atoms with van der Waals surface area (Å²) < 4.78 is 0. The van der Waals surface area contributed by atoms with Crippen LogP contribution in [0.25, 0.3) is 12.2 Å². The molecule has 2 rings (SSSR count). The lowest BCUT2D eigenvalue weighted by Gasteiger charge is -2.07. The molecular weight excluding hydrogens is 158 g/mol. The fourth-order valence-electron chi connectivity index (χ4n) is 1.29. The molecule has 0 radical (unpaired) electrons. The van der Waals surface area contributed by atoms with Crippen molar-refractivity contribution >= 4 is 12.2 Å². The van der Waals surface area contributed by atoms with E-state index in [1.807, 2.05) is 18.3 Å². The number of rotatable bonds is 1. The Hall–Kier alpha value is -1.55. The van der Waals surface area contributed by atoms with Crippen molar-refractivity contribution in [2.45, 2.75) is 19.8 Å². The highest BCUT2D eigenvalue weighted by Gasteiger charge is 2.04. The van der Waals surface area contributed by atoms with Gasteiger partial charge in [-0.05, 0) is 23.6 Å². The zero-order valence-electron chi connectivity index (χ0n) is 7.83. The Labute approximate surface area is 78.1 Å². The Kier molecular flexibility index (Phi) is 1.90. The van der Waals surface area contributed by atoms with Gasteiger partial charge in [-0.15, -0.1) is 0 Å². The van der Waals surface area contributed by atoms with E-state index in [9.17, 15) is 0 Å². The van der Waals surface area contributed by atoms with Crippen molar-refractivity contribution in [1.82, 2.24) is 4.98 Å². The predicted octanol–water partition coefficient (Wildman–Crippen LogP) is 3.00. The van der Waals surface area contributed by atoms with E-state index in [4.69, 9.17) is 0 Å².